The number of aromatic nitrogens is 2. The van der Waals surface area contributed by atoms with E-state index in [1.165, 1.54) is 0 Å². The number of nitrogens with two attached hydrogens (primary N) is 1. The van der Waals surface area contributed by atoms with Gasteiger partial charge in [-0.2, -0.15) is 4.98 Å². The Labute approximate surface area is 91.9 Å². The predicted molar refractivity (Wildman–Crippen MR) is 52.8 cm³/mol. The maximum atomic E-state index is 11.7. The highest BCUT2D eigenvalue weighted by molar-refractivity contribution is 5.96. The van der Waals surface area contributed by atoms with Crippen LogP contribution in [-0.2, 0) is 11.2 Å². The van der Waals surface area contributed by atoms with E-state index in [2.05, 4.69) is 14.9 Å². The van der Waals surface area contributed by atoms with Gasteiger partial charge >= 0.3 is 6.09 Å². The molecule has 7 nitrogen and oxygen atoms in total. The fourth-order valence-corrected chi connectivity index (χ4v) is 1.11. The zero-order valence-electron chi connectivity index (χ0n) is 9.10. The van der Waals surface area contributed by atoms with E-state index in [4.69, 9.17) is 10.3 Å². The van der Waals surface area contributed by atoms with Crippen LogP contribution in [0.4, 0.5) is 4.79 Å². The van der Waals surface area contributed by atoms with Crippen molar-refractivity contribution in [3.63, 3.8) is 0 Å². The molecule has 0 aromatic carbocycles. The summed E-state index contributed by atoms with van der Waals surface area (Å²) in [6.45, 7) is 3.51. The molecule has 88 valence electrons. The third-order valence-corrected chi connectivity index (χ3v) is 1.91. The molecule has 1 heterocycles. The van der Waals surface area contributed by atoms with Crippen molar-refractivity contribution in [2.75, 3.05) is 0 Å². The van der Waals surface area contributed by atoms with Gasteiger partial charge in [0.25, 0.3) is 0 Å². The van der Waals surface area contributed by atoms with Crippen LogP contribution in [-0.4, -0.2) is 28.1 Å². The molecule has 1 rings (SSSR count). The third-order valence-electron chi connectivity index (χ3n) is 1.91. The number of ether oxygens (including phenoxy) is 1. The summed E-state index contributed by atoms with van der Waals surface area (Å²) >= 11 is 0. The summed E-state index contributed by atoms with van der Waals surface area (Å²) in [6.07, 6.45) is -1.12. The Balaban J connectivity index is 2.78. The molecular formula is C9H13N3O4. The van der Waals surface area contributed by atoms with E-state index in [0.717, 1.165) is 0 Å². The van der Waals surface area contributed by atoms with Crippen LogP contribution in [0.25, 0.3) is 0 Å². The van der Waals surface area contributed by atoms with Crippen molar-refractivity contribution in [3.05, 3.63) is 11.7 Å². The first-order chi connectivity index (χ1) is 7.58. The van der Waals surface area contributed by atoms with Crippen LogP contribution in [0.2, 0.25) is 0 Å². The minimum atomic E-state index is -1.00. The van der Waals surface area contributed by atoms with E-state index < -0.39 is 18.0 Å². The number of hydrogen-bond acceptors (Lipinski definition) is 6. The summed E-state index contributed by atoms with van der Waals surface area (Å²) in [5.41, 5.74) is 4.84. The Kier molecular flexibility index (Phi) is 3.98. The topological polar surface area (TPSA) is 108 Å². The number of amides is 1. The Morgan fingerprint density at radius 3 is 2.62 bits per heavy atom. The molecule has 0 bridgehead atoms. The highest BCUT2D eigenvalue weighted by Gasteiger charge is 2.25. The van der Waals surface area contributed by atoms with E-state index in [9.17, 15) is 9.59 Å². The molecule has 0 radical (unpaired) electrons. The molecule has 1 atom stereocenters. The van der Waals surface area contributed by atoms with Crippen molar-refractivity contribution in [2.45, 2.75) is 32.8 Å². The first-order valence-electron chi connectivity index (χ1n) is 4.91. The number of carbonyl (C=O) groups excluding carboxylic acids is 2. The second kappa shape index (κ2) is 5.24. The molecule has 0 aliphatic heterocycles. The Morgan fingerprint density at radius 2 is 2.19 bits per heavy atom. The first kappa shape index (κ1) is 12.2. The number of ketones is 1. The molecule has 1 aromatic heterocycles. The molecule has 0 spiro atoms. The zero-order chi connectivity index (χ0) is 12.1. The van der Waals surface area contributed by atoms with Gasteiger partial charge in [-0.15, -0.1) is 0 Å². The van der Waals surface area contributed by atoms with Crippen molar-refractivity contribution in [1.29, 1.82) is 0 Å². The molecule has 7 heteroatoms. The maximum Gasteiger partial charge on any atom is 0.405 e. The zero-order valence-corrected chi connectivity index (χ0v) is 9.10. The molecule has 1 aromatic rings. The molecule has 0 unspecified atom stereocenters. The lowest BCUT2D eigenvalue weighted by Gasteiger charge is -2.10. The molecule has 0 aliphatic rings. The SMILES string of the molecule is CCc1nc(C(=O)[C@H](CC)OC(N)=O)no1. The van der Waals surface area contributed by atoms with Gasteiger partial charge in [-0.3, -0.25) is 4.79 Å². The van der Waals surface area contributed by atoms with E-state index >= 15 is 0 Å². The van der Waals surface area contributed by atoms with Gasteiger partial charge in [-0.05, 0) is 6.42 Å². The Bertz CT molecular complexity index is 388. The second-order valence-electron chi connectivity index (χ2n) is 3.06. The van der Waals surface area contributed by atoms with Crippen LogP contribution < -0.4 is 5.73 Å². The van der Waals surface area contributed by atoms with Gasteiger partial charge in [0.15, 0.2) is 6.10 Å². The van der Waals surface area contributed by atoms with Crippen LogP contribution in [0, 0.1) is 0 Å². The molecular weight excluding hydrogens is 214 g/mol. The summed E-state index contributed by atoms with van der Waals surface area (Å²) in [5, 5.41) is 3.50. The number of hydrogen-bond donors (Lipinski definition) is 1. The molecule has 16 heavy (non-hydrogen) atoms. The normalized spacial score (nSPS) is 12.1. The minimum Gasteiger partial charge on any atom is -0.438 e. The summed E-state index contributed by atoms with van der Waals surface area (Å²) < 4.78 is 9.41. The quantitative estimate of drug-likeness (QED) is 0.741. The lowest BCUT2D eigenvalue weighted by molar-refractivity contribution is 0.0634. The van der Waals surface area contributed by atoms with Crippen LogP contribution in [0.5, 0.6) is 0 Å². The van der Waals surface area contributed by atoms with Gasteiger partial charge in [0, 0.05) is 6.42 Å². The number of carbonyl (C=O) groups is 2. The van der Waals surface area contributed by atoms with Gasteiger partial charge in [-0.1, -0.05) is 19.0 Å². The average molecular weight is 227 g/mol. The van der Waals surface area contributed by atoms with Crippen LogP contribution in [0.1, 0.15) is 36.8 Å². The first-order valence-corrected chi connectivity index (χ1v) is 4.91. The largest absolute Gasteiger partial charge is 0.438 e. The average Bonchev–Trinajstić information content (AvgIpc) is 2.73. The van der Waals surface area contributed by atoms with Crippen molar-refractivity contribution < 1.29 is 18.8 Å². The van der Waals surface area contributed by atoms with E-state index in [1.54, 1.807) is 6.92 Å². The molecule has 1 amide bonds. The van der Waals surface area contributed by atoms with Gasteiger partial charge in [-0.25, -0.2) is 4.79 Å². The van der Waals surface area contributed by atoms with Crippen molar-refractivity contribution >= 4 is 11.9 Å². The third kappa shape index (κ3) is 2.78. The van der Waals surface area contributed by atoms with Crippen LogP contribution in [0.15, 0.2) is 4.52 Å². The molecule has 0 fully saturated rings. The monoisotopic (exact) mass is 227 g/mol. The second-order valence-corrected chi connectivity index (χ2v) is 3.06. The highest BCUT2D eigenvalue weighted by atomic mass is 16.6. The Hall–Kier alpha value is -1.92. The predicted octanol–water partition coefficient (Wildman–Crippen LogP) is 0.689. The number of nitrogens with zero attached hydrogens (tertiary/aromatic N) is 2. The van der Waals surface area contributed by atoms with Crippen LogP contribution in [0.3, 0.4) is 0 Å². The fraction of sp³-hybridized carbons (Fsp3) is 0.556. The lowest BCUT2D eigenvalue weighted by Crippen LogP contribution is -2.30. The Morgan fingerprint density at radius 1 is 1.50 bits per heavy atom. The van der Waals surface area contributed by atoms with Crippen molar-refractivity contribution in [1.82, 2.24) is 10.1 Å². The van der Waals surface area contributed by atoms with Gasteiger partial charge in [0.05, 0.1) is 0 Å². The smallest absolute Gasteiger partial charge is 0.405 e. The molecule has 2 N–H and O–H groups in total. The van der Waals surface area contributed by atoms with Crippen molar-refractivity contribution in [3.8, 4) is 0 Å². The number of aryl methyl sites for hydroxylation is 1. The summed E-state index contributed by atoms with van der Waals surface area (Å²) in [7, 11) is 0. The minimum absolute atomic E-state index is 0.0926. The number of primary amides is 1. The van der Waals surface area contributed by atoms with Crippen molar-refractivity contribution in [2.24, 2.45) is 5.73 Å². The summed E-state index contributed by atoms with van der Waals surface area (Å²) in [6, 6.07) is 0. The lowest BCUT2D eigenvalue weighted by atomic mass is 10.2. The fourth-order valence-electron chi connectivity index (χ4n) is 1.11. The molecule has 0 saturated carbocycles. The van der Waals surface area contributed by atoms with Gasteiger partial charge < -0.3 is 15.0 Å². The highest BCUT2D eigenvalue weighted by Crippen LogP contribution is 2.07. The number of Topliss-reactive ketones (excluding diaryl/α,β-unsaturated/α-hetero) is 1. The maximum absolute atomic E-state index is 11.7. The number of rotatable bonds is 5. The summed E-state index contributed by atoms with van der Waals surface area (Å²) in [4.78, 5) is 26.1. The van der Waals surface area contributed by atoms with Gasteiger partial charge in [0.1, 0.15) is 0 Å². The van der Waals surface area contributed by atoms with E-state index in [-0.39, 0.29) is 5.82 Å². The van der Waals surface area contributed by atoms with E-state index in [1.807, 2.05) is 6.92 Å². The van der Waals surface area contributed by atoms with Crippen LogP contribution >= 0.6 is 0 Å². The molecule has 0 saturated heterocycles. The standard InChI is InChI=1S/C9H13N3O4/c1-3-5(15-9(10)14)7(13)8-11-6(4-2)16-12-8/h5H,3-4H2,1-2H3,(H2,10,14)/t5-/m0/s1. The van der Waals surface area contributed by atoms with E-state index in [0.29, 0.717) is 18.7 Å². The summed E-state index contributed by atoms with van der Waals surface area (Å²) in [5.74, 6) is -0.244. The molecule has 0 aliphatic carbocycles. The van der Waals surface area contributed by atoms with Gasteiger partial charge in [0.2, 0.25) is 17.5 Å².